The van der Waals surface area contributed by atoms with E-state index in [1.54, 1.807) is 22.5 Å². The summed E-state index contributed by atoms with van der Waals surface area (Å²) in [4.78, 5) is 5.93. The van der Waals surface area contributed by atoms with E-state index in [2.05, 4.69) is 52.1 Å². The summed E-state index contributed by atoms with van der Waals surface area (Å²) < 4.78 is 0. The molecule has 0 amide bonds. The molecule has 0 aliphatic heterocycles. The van der Waals surface area contributed by atoms with Crippen LogP contribution in [0.1, 0.15) is 21.9 Å². The number of nitrogens with zero attached hydrogens (tertiary/aromatic N) is 1. The maximum absolute atomic E-state index is 5.98. The van der Waals surface area contributed by atoms with Crippen molar-refractivity contribution in [3.63, 3.8) is 0 Å². The minimum absolute atomic E-state index is 0. The summed E-state index contributed by atoms with van der Waals surface area (Å²) in [5.74, 6) is 2.83. The van der Waals surface area contributed by atoms with E-state index in [1.165, 1.54) is 11.3 Å². The summed E-state index contributed by atoms with van der Waals surface area (Å²) in [5, 5.41) is 5.33. The van der Waals surface area contributed by atoms with Gasteiger partial charge in [0.05, 0.1) is 0 Å². The Kier molecular flexibility index (Phi) is 5.26. The highest BCUT2D eigenvalue weighted by atomic mass is 127. The summed E-state index contributed by atoms with van der Waals surface area (Å²) in [6, 6.07) is 13.1. The van der Waals surface area contributed by atoms with Crippen LogP contribution in [-0.4, -0.2) is 19.0 Å². The largest absolute Gasteiger partial charge is 0.370 e. The van der Waals surface area contributed by atoms with Gasteiger partial charge >= 0.3 is 0 Å². The lowest BCUT2D eigenvalue weighted by Gasteiger charge is -2.07. The van der Waals surface area contributed by atoms with E-state index in [9.17, 15) is 0 Å². The molecule has 3 unspecified atom stereocenters. The highest BCUT2D eigenvalue weighted by Crippen LogP contribution is 2.61. The molecular weight excluding hydrogens is 417 g/mol. The van der Waals surface area contributed by atoms with Gasteiger partial charge in [-0.15, -0.1) is 35.3 Å². The predicted molar refractivity (Wildman–Crippen MR) is 108 cm³/mol. The molecule has 3 nitrogen and oxygen atoms in total. The Morgan fingerprint density at radius 3 is 2.96 bits per heavy atom. The highest BCUT2D eigenvalue weighted by Gasteiger charge is 2.54. The van der Waals surface area contributed by atoms with Gasteiger partial charge in [-0.05, 0) is 53.2 Å². The first-order chi connectivity index (χ1) is 10.8. The molecule has 1 fully saturated rings. The zero-order valence-corrected chi connectivity index (χ0v) is 16.1. The van der Waals surface area contributed by atoms with E-state index in [-0.39, 0.29) is 24.0 Å². The van der Waals surface area contributed by atoms with Crippen molar-refractivity contribution in [2.75, 3.05) is 13.1 Å². The number of thiophene rings is 1. The number of aliphatic imine (C=N–C) groups is 1. The van der Waals surface area contributed by atoms with Gasteiger partial charge in [-0.25, -0.2) is 0 Å². The fourth-order valence-corrected chi connectivity index (χ4v) is 4.47. The van der Waals surface area contributed by atoms with Crippen LogP contribution in [0, 0.1) is 11.8 Å². The monoisotopic (exact) mass is 439 g/mol. The maximum Gasteiger partial charge on any atom is 0.188 e. The van der Waals surface area contributed by atoms with Crippen molar-refractivity contribution in [2.24, 2.45) is 22.6 Å². The number of fused-ring (bicyclic) bond motifs is 3. The molecule has 0 radical (unpaired) electrons. The standard InChI is InChI=1S/C18H21N3S.HI/c19-18(20-8-7-13-5-3-9-22-13)21-11-16-15-10-12-4-1-2-6-14(12)17(15)16;/h1-6,9,15-17H,7-8,10-11H2,(H3,19,20,21);1H. The van der Waals surface area contributed by atoms with E-state index in [1.807, 2.05) is 0 Å². The lowest BCUT2D eigenvalue weighted by atomic mass is 10.0. The number of rotatable bonds is 5. The summed E-state index contributed by atoms with van der Waals surface area (Å²) in [5.41, 5.74) is 9.07. The molecule has 0 spiro atoms. The van der Waals surface area contributed by atoms with Gasteiger partial charge in [-0.2, -0.15) is 0 Å². The SMILES string of the molecule is I.NC(=NCC1C2Cc3ccccc3C12)NCCc1cccs1. The van der Waals surface area contributed by atoms with Gasteiger partial charge in [0.1, 0.15) is 0 Å². The minimum atomic E-state index is 0. The van der Waals surface area contributed by atoms with Gasteiger partial charge in [0, 0.05) is 18.0 Å². The summed E-state index contributed by atoms with van der Waals surface area (Å²) in [7, 11) is 0. The number of benzene rings is 1. The van der Waals surface area contributed by atoms with Crippen LogP contribution in [0.25, 0.3) is 0 Å². The van der Waals surface area contributed by atoms with E-state index in [4.69, 9.17) is 5.73 Å². The number of hydrogen-bond acceptors (Lipinski definition) is 2. The van der Waals surface area contributed by atoms with Gasteiger partial charge in [-0.1, -0.05) is 30.3 Å². The first kappa shape index (κ1) is 16.8. The van der Waals surface area contributed by atoms with Crippen LogP contribution < -0.4 is 11.1 Å². The van der Waals surface area contributed by atoms with Gasteiger partial charge in [-0.3, -0.25) is 4.99 Å². The van der Waals surface area contributed by atoms with Crippen LogP contribution in [0.15, 0.2) is 46.8 Å². The van der Waals surface area contributed by atoms with Crippen LogP contribution in [0.2, 0.25) is 0 Å². The zero-order valence-electron chi connectivity index (χ0n) is 12.9. The summed E-state index contributed by atoms with van der Waals surface area (Å²) in [6.45, 7) is 1.72. The first-order valence-electron chi connectivity index (χ1n) is 7.97. The second-order valence-corrected chi connectivity index (χ2v) is 7.27. The van der Waals surface area contributed by atoms with Crippen molar-refractivity contribution in [1.82, 2.24) is 5.32 Å². The fourth-order valence-electron chi connectivity index (χ4n) is 3.76. The lowest BCUT2D eigenvalue weighted by molar-refractivity contribution is 0.697. The zero-order chi connectivity index (χ0) is 14.9. The third-order valence-electron chi connectivity index (χ3n) is 4.93. The average molecular weight is 439 g/mol. The molecule has 3 N–H and O–H groups in total. The second-order valence-electron chi connectivity index (χ2n) is 6.24. The number of hydrogen-bond donors (Lipinski definition) is 2. The molecule has 1 aromatic heterocycles. The Morgan fingerprint density at radius 2 is 2.13 bits per heavy atom. The average Bonchev–Trinajstić information content (AvgIpc) is 2.92. The van der Waals surface area contributed by atoms with Crippen molar-refractivity contribution in [3.8, 4) is 0 Å². The fraction of sp³-hybridized carbons (Fsp3) is 0.389. The topological polar surface area (TPSA) is 50.4 Å². The molecule has 0 saturated heterocycles. The molecule has 5 heteroatoms. The normalized spacial score (nSPS) is 24.5. The molecule has 3 atom stereocenters. The Balaban J connectivity index is 0.00000156. The van der Waals surface area contributed by atoms with Crippen LogP contribution in [0.5, 0.6) is 0 Å². The number of guanidine groups is 1. The van der Waals surface area contributed by atoms with Crippen molar-refractivity contribution in [1.29, 1.82) is 0 Å². The van der Waals surface area contributed by atoms with Crippen LogP contribution in [-0.2, 0) is 12.8 Å². The molecule has 4 rings (SSSR count). The molecule has 2 aliphatic carbocycles. The summed E-state index contributed by atoms with van der Waals surface area (Å²) >= 11 is 1.79. The lowest BCUT2D eigenvalue weighted by Crippen LogP contribution is -2.33. The third-order valence-corrected chi connectivity index (χ3v) is 5.87. The van der Waals surface area contributed by atoms with Crippen molar-refractivity contribution in [3.05, 3.63) is 57.8 Å². The van der Waals surface area contributed by atoms with Crippen LogP contribution in [0.4, 0.5) is 0 Å². The Morgan fingerprint density at radius 1 is 1.26 bits per heavy atom. The molecule has 122 valence electrons. The van der Waals surface area contributed by atoms with Crippen LogP contribution >= 0.6 is 35.3 Å². The van der Waals surface area contributed by atoms with Crippen molar-refractivity contribution >= 4 is 41.3 Å². The van der Waals surface area contributed by atoms with E-state index in [0.717, 1.165) is 31.3 Å². The van der Waals surface area contributed by atoms with Crippen molar-refractivity contribution in [2.45, 2.75) is 18.8 Å². The minimum Gasteiger partial charge on any atom is -0.370 e. The predicted octanol–water partition coefficient (Wildman–Crippen LogP) is 3.40. The molecule has 2 aromatic rings. The van der Waals surface area contributed by atoms with E-state index < -0.39 is 0 Å². The van der Waals surface area contributed by atoms with E-state index >= 15 is 0 Å². The smallest absolute Gasteiger partial charge is 0.188 e. The molecule has 2 aliphatic rings. The second kappa shape index (κ2) is 7.21. The molecule has 1 saturated carbocycles. The van der Waals surface area contributed by atoms with Gasteiger partial charge in [0.15, 0.2) is 5.96 Å². The molecule has 1 aromatic carbocycles. The maximum atomic E-state index is 5.98. The number of halogens is 1. The Labute approximate surface area is 158 Å². The number of nitrogens with two attached hydrogens (primary N) is 1. The Hall–Kier alpha value is -1.08. The third kappa shape index (κ3) is 3.55. The van der Waals surface area contributed by atoms with Crippen molar-refractivity contribution < 1.29 is 0 Å². The first-order valence-corrected chi connectivity index (χ1v) is 8.85. The molecule has 23 heavy (non-hydrogen) atoms. The van der Waals surface area contributed by atoms with E-state index in [0.29, 0.717) is 11.9 Å². The summed E-state index contributed by atoms with van der Waals surface area (Å²) in [6.07, 6.45) is 2.24. The van der Waals surface area contributed by atoms with Gasteiger partial charge in [0.25, 0.3) is 0 Å². The number of nitrogens with one attached hydrogen (secondary N) is 1. The molecular formula is C18H22IN3S. The highest BCUT2D eigenvalue weighted by molar-refractivity contribution is 14.0. The quantitative estimate of drug-likeness (QED) is 0.426. The van der Waals surface area contributed by atoms with Gasteiger partial charge < -0.3 is 11.1 Å². The van der Waals surface area contributed by atoms with Crippen LogP contribution in [0.3, 0.4) is 0 Å². The Bertz CT molecular complexity index is 683. The van der Waals surface area contributed by atoms with Gasteiger partial charge in [0.2, 0.25) is 0 Å². The molecule has 1 heterocycles. The molecule has 0 bridgehead atoms.